The first-order valence-electron chi connectivity index (χ1n) is 10.9. The van der Waals surface area contributed by atoms with Gasteiger partial charge in [-0.15, -0.1) is 0 Å². The van der Waals surface area contributed by atoms with Gasteiger partial charge < -0.3 is 10.2 Å². The molecule has 0 radical (unpaired) electrons. The van der Waals surface area contributed by atoms with Gasteiger partial charge in [0, 0.05) is 7.05 Å². The number of benzene rings is 1. The normalized spacial score (nSPS) is 22.0. The van der Waals surface area contributed by atoms with Gasteiger partial charge in [-0.25, -0.2) is 4.79 Å². The molecule has 4 rings (SSSR count). The minimum absolute atomic E-state index is 0.163. The summed E-state index contributed by atoms with van der Waals surface area (Å²) >= 11 is 0. The molecule has 1 aliphatic heterocycles. The Labute approximate surface area is 172 Å². The van der Waals surface area contributed by atoms with Gasteiger partial charge in [-0.05, 0) is 62.1 Å². The summed E-state index contributed by atoms with van der Waals surface area (Å²) < 4.78 is 0. The fraction of sp³-hybridized carbons (Fsp3) is 0.609. The number of fused-ring (bicyclic) bond motifs is 1. The molecule has 0 bridgehead atoms. The predicted molar refractivity (Wildman–Crippen MR) is 110 cm³/mol. The molecule has 1 aromatic rings. The third kappa shape index (κ3) is 3.53. The van der Waals surface area contributed by atoms with Crippen molar-refractivity contribution in [1.29, 1.82) is 0 Å². The molecule has 1 spiro atoms. The second-order valence-electron chi connectivity index (χ2n) is 8.85. The number of aryl methyl sites for hydroxylation is 2. The average Bonchev–Trinajstić information content (AvgIpc) is 2.90. The van der Waals surface area contributed by atoms with Crippen LogP contribution in [-0.2, 0) is 22.4 Å². The van der Waals surface area contributed by atoms with E-state index < -0.39 is 5.54 Å². The molecular weight excluding hydrogens is 366 g/mol. The lowest BCUT2D eigenvalue weighted by Gasteiger charge is -2.35. The van der Waals surface area contributed by atoms with E-state index >= 15 is 0 Å². The summed E-state index contributed by atoms with van der Waals surface area (Å²) in [7, 11) is 1.69. The van der Waals surface area contributed by atoms with E-state index in [1.807, 2.05) is 6.92 Å². The van der Waals surface area contributed by atoms with Crippen LogP contribution in [-0.4, -0.2) is 46.8 Å². The topological polar surface area (TPSA) is 69.7 Å². The molecule has 1 aromatic carbocycles. The third-order valence-corrected chi connectivity index (χ3v) is 7.04. The van der Waals surface area contributed by atoms with Crippen LogP contribution in [0.3, 0.4) is 0 Å². The molecule has 6 nitrogen and oxygen atoms in total. The zero-order chi connectivity index (χ0) is 20.6. The molecular formula is C23H31N3O3. The molecule has 2 fully saturated rings. The van der Waals surface area contributed by atoms with Crippen molar-refractivity contribution in [2.75, 3.05) is 13.6 Å². The van der Waals surface area contributed by atoms with Crippen LogP contribution in [0.15, 0.2) is 18.2 Å². The summed E-state index contributed by atoms with van der Waals surface area (Å²) in [5.41, 5.74) is 3.12. The number of amides is 4. The lowest BCUT2D eigenvalue weighted by Crippen LogP contribution is -2.49. The maximum absolute atomic E-state index is 13.0. The molecule has 4 amide bonds. The minimum atomic E-state index is -0.736. The average molecular weight is 398 g/mol. The van der Waals surface area contributed by atoms with Crippen molar-refractivity contribution in [1.82, 2.24) is 15.1 Å². The van der Waals surface area contributed by atoms with Gasteiger partial charge in [0.2, 0.25) is 5.91 Å². The van der Waals surface area contributed by atoms with Gasteiger partial charge in [-0.1, -0.05) is 37.5 Å². The Balaban J connectivity index is 1.41. The van der Waals surface area contributed by atoms with E-state index in [4.69, 9.17) is 0 Å². The van der Waals surface area contributed by atoms with Gasteiger partial charge in [0.05, 0.1) is 6.04 Å². The Kier molecular flexibility index (Phi) is 5.36. The van der Waals surface area contributed by atoms with Crippen LogP contribution in [0.4, 0.5) is 4.79 Å². The lowest BCUT2D eigenvalue weighted by atomic mass is 9.81. The number of carbonyl (C=O) groups is 3. The number of carbonyl (C=O) groups excluding carboxylic acids is 3. The molecule has 6 heteroatoms. The van der Waals surface area contributed by atoms with E-state index in [-0.39, 0.29) is 30.4 Å². The van der Waals surface area contributed by atoms with Gasteiger partial charge in [0.25, 0.3) is 5.91 Å². The first kappa shape index (κ1) is 19.9. The fourth-order valence-electron chi connectivity index (χ4n) is 5.21. The Morgan fingerprint density at radius 1 is 1.07 bits per heavy atom. The van der Waals surface area contributed by atoms with E-state index in [0.29, 0.717) is 12.8 Å². The van der Waals surface area contributed by atoms with Crippen LogP contribution >= 0.6 is 0 Å². The number of nitrogens with zero attached hydrogens (tertiary/aromatic N) is 2. The van der Waals surface area contributed by atoms with Crippen molar-refractivity contribution < 1.29 is 14.4 Å². The third-order valence-electron chi connectivity index (χ3n) is 7.04. The molecule has 1 saturated carbocycles. The highest BCUT2D eigenvalue weighted by Gasteiger charge is 2.55. The first-order chi connectivity index (χ1) is 13.9. The summed E-state index contributed by atoms with van der Waals surface area (Å²) in [5.74, 6) is -0.500. The summed E-state index contributed by atoms with van der Waals surface area (Å²) in [6.07, 6.45) is 9.04. The number of hydrogen-bond donors (Lipinski definition) is 1. The van der Waals surface area contributed by atoms with Gasteiger partial charge in [-0.3, -0.25) is 14.5 Å². The molecule has 1 saturated heterocycles. The molecule has 1 atom stereocenters. The van der Waals surface area contributed by atoms with Crippen molar-refractivity contribution in [2.24, 2.45) is 0 Å². The van der Waals surface area contributed by atoms with Crippen molar-refractivity contribution >= 4 is 17.8 Å². The summed E-state index contributed by atoms with van der Waals surface area (Å²) in [5, 5.41) is 2.97. The molecule has 2 aliphatic carbocycles. The number of rotatable bonds is 4. The first-order valence-corrected chi connectivity index (χ1v) is 10.9. The summed E-state index contributed by atoms with van der Waals surface area (Å²) in [6.45, 7) is 1.74. The number of imide groups is 1. The second kappa shape index (κ2) is 7.81. The summed E-state index contributed by atoms with van der Waals surface area (Å²) in [6, 6.07) is 5.92. The molecule has 156 valence electrons. The number of urea groups is 1. The van der Waals surface area contributed by atoms with Crippen LogP contribution in [0.5, 0.6) is 0 Å². The standard InChI is InChI=1S/C23H31N3O3/c1-16(18-11-10-17-8-4-5-9-19(17)14-18)24-20(27)15-26-21(28)23(25(2)22(26)29)12-6-3-7-13-23/h10-11,14,16H,3-9,12-13,15H2,1-2H3,(H,24,27). The molecule has 1 N–H and O–H groups in total. The highest BCUT2D eigenvalue weighted by atomic mass is 16.2. The fourth-order valence-corrected chi connectivity index (χ4v) is 5.21. The maximum atomic E-state index is 13.0. The van der Waals surface area contributed by atoms with Gasteiger partial charge in [0.1, 0.15) is 12.1 Å². The van der Waals surface area contributed by atoms with Crippen LogP contribution in [0, 0.1) is 0 Å². The van der Waals surface area contributed by atoms with Crippen molar-refractivity contribution in [2.45, 2.75) is 76.3 Å². The van der Waals surface area contributed by atoms with Gasteiger partial charge in [-0.2, -0.15) is 0 Å². The SMILES string of the molecule is CC(NC(=O)CN1C(=O)N(C)C2(CCCCC2)C1=O)c1ccc2c(c1)CCCC2. The molecule has 3 aliphatic rings. The maximum Gasteiger partial charge on any atom is 0.327 e. The van der Waals surface area contributed by atoms with Crippen LogP contribution < -0.4 is 5.32 Å². The van der Waals surface area contributed by atoms with Crippen LogP contribution in [0.1, 0.15) is 74.6 Å². The molecule has 0 aromatic heterocycles. The zero-order valence-corrected chi connectivity index (χ0v) is 17.5. The Morgan fingerprint density at radius 2 is 1.76 bits per heavy atom. The Hall–Kier alpha value is -2.37. The van der Waals surface area contributed by atoms with E-state index in [2.05, 4.69) is 23.5 Å². The van der Waals surface area contributed by atoms with Gasteiger partial charge >= 0.3 is 6.03 Å². The number of hydrogen-bond acceptors (Lipinski definition) is 3. The van der Waals surface area contributed by atoms with Crippen LogP contribution in [0.25, 0.3) is 0 Å². The lowest BCUT2D eigenvalue weighted by molar-refractivity contribution is -0.137. The number of nitrogens with one attached hydrogen (secondary N) is 1. The van der Waals surface area contributed by atoms with E-state index in [1.54, 1.807) is 11.9 Å². The smallest absolute Gasteiger partial charge is 0.327 e. The zero-order valence-electron chi connectivity index (χ0n) is 17.5. The van der Waals surface area contributed by atoms with Crippen molar-refractivity contribution in [3.8, 4) is 0 Å². The Bertz CT molecular complexity index is 829. The highest BCUT2D eigenvalue weighted by Crippen LogP contribution is 2.39. The highest BCUT2D eigenvalue weighted by molar-refractivity contribution is 6.08. The Morgan fingerprint density at radius 3 is 2.48 bits per heavy atom. The summed E-state index contributed by atoms with van der Waals surface area (Å²) in [4.78, 5) is 41.1. The van der Waals surface area contributed by atoms with Gasteiger partial charge in [0.15, 0.2) is 0 Å². The largest absolute Gasteiger partial charge is 0.348 e. The molecule has 1 heterocycles. The molecule has 29 heavy (non-hydrogen) atoms. The quantitative estimate of drug-likeness (QED) is 0.792. The second-order valence-corrected chi connectivity index (χ2v) is 8.85. The van der Waals surface area contributed by atoms with E-state index in [0.717, 1.165) is 42.6 Å². The predicted octanol–water partition coefficient (Wildman–Crippen LogP) is 3.34. The van der Waals surface area contributed by atoms with E-state index in [1.165, 1.54) is 24.0 Å². The minimum Gasteiger partial charge on any atom is -0.348 e. The molecule has 1 unspecified atom stereocenters. The monoisotopic (exact) mass is 397 g/mol. The van der Waals surface area contributed by atoms with Crippen molar-refractivity contribution in [3.05, 3.63) is 34.9 Å². The van der Waals surface area contributed by atoms with Crippen molar-refractivity contribution in [3.63, 3.8) is 0 Å². The van der Waals surface area contributed by atoms with Crippen LogP contribution in [0.2, 0.25) is 0 Å². The number of likely N-dealkylation sites (N-methyl/N-ethyl adjacent to an activating group) is 1. The van der Waals surface area contributed by atoms with E-state index in [9.17, 15) is 14.4 Å².